The molecule has 7 heteroatoms. The lowest BCUT2D eigenvalue weighted by molar-refractivity contribution is 0.0208. The monoisotopic (exact) mass is 319 g/mol. The van der Waals surface area contributed by atoms with Gasteiger partial charge < -0.3 is 20.4 Å². The number of carbonyl (C=O) groups is 1. The Hall–Kier alpha value is -0.750. The van der Waals surface area contributed by atoms with Gasteiger partial charge in [-0.1, -0.05) is 23.2 Å². The summed E-state index contributed by atoms with van der Waals surface area (Å²) in [5.74, 6) is -0.249. The molecule has 5 nitrogen and oxygen atoms in total. The van der Waals surface area contributed by atoms with Crippen LogP contribution in [-0.4, -0.2) is 42.7 Å². The number of aromatic amines is 1. The summed E-state index contributed by atoms with van der Waals surface area (Å²) in [4.78, 5) is 15.2. The lowest BCUT2D eigenvalue weighted by Gasteiger charge is -2.32. The highest BCUT2D eigenvalue weighted by Gasteiger charge is 2.28. The Morgan fingerprint density at radius 2 is 2.20 bits per heavy atom. The topological polar surface area (TPSA) is 66.2 Å². The average molecular weight is 320 g/mol. The van der Waals surface area contributed by atoms with Gasteiger partial charge in [0.05, 0.1) is 22.2 Å². The van der Waals surface area contributed by atoms with E-state index in [9.17, 15) is 4.79 Å². The van der Waals surface area contributed by atoms with Crippen LogP contribution in [0.15, 0.2) is 0 Å². The third-order valence-electron chi connectivity index (χ3n) is 3.40. The summed E-state index contributed by atoms with van der Waals surface area (Å²) >= 11 is 12.0. The van der Waals surface area contributed by atoms with Crippen molar-refractivity contribution in [2.75, 3.05) is 19.7 Å². The second kappa shape index (κ2) is 6.80. The van der Waals surface area contributed by atoms with Gasteiger partial charge in [-0.2, -0.15) is 0 Å². The van der Waals surface area contributed by atoms with Crippen LogP contribution in [0.4, 0.5) is 0 Å². The Morgan fingerprint density at radius 1 is 1.45 bits per heavy atom. The van der Waals surface area contributed by atoms with Crippen LogP contribution in [0.5, 0.6) is 0 Å². The molecule has 1 aliphatic rings. The maximum atomic E-state index is 12.3. The van der Waals surface area contributed by atoms with E-state index in [1.807, 2.05) is 6.92 Å². The van der Waals surface area contributed by atoms with Gasteiger partial charge >= 0.3 is 0 Å². The lowest BCUT2D eigenvalue weighted by Crippen LogP contribution is -2.53. The number of nitrogens with one attached hydrogen (secondary N) is 3. The first-order valence-electron chi connectivity index (χ1n) is 6.71. The maximum absolute atomic E-state index is 12.3. The van der Waals surface area contributed by atoms with Crippen molar-refractivity contribution in [2.45, 2.75) is 32.4 Å². The van der Waals surface area contributed by atoms with Gasteiger partial charge in [0.1, 0.15) is 5.69 Å². The van der Waals surface area contributed by atoms with E-state index in [-0.39, 0.29) is 23.1 Å². The van der Waals surface area contributed by atoms with Crippen molar-refractivity contribution >= 4 is 29.1 Å². The van der Waals surface area contributed by atoms with E-state index in [0.717, 1.165) is 19.5 Å². The first kappa shape index (κ1) is 15.6. The second-order valence-electron chi connectivity index (χ2n) is 4.82. The van der Waals surface area contributed by atoms with Gasteiger partial charge in [0.2, 0.25) is 0 Å². The zero-order valence-electron chi connectivity index (χ0n) is 11.6. The van der Waals surface area contributed by atoms with E-state index < -0.39 is 0 Å². The Kier molecular flexibility index (Phi) is 5.32. The van der Waals surface area contributed by atoms with Crippen LogP contribution >= 0.6 is 23.2 Å². The van der Waals surface area contributed by atoms with Gasteiger partial charge in [-0.25, -0.2) is 0 Å². The van der Waals surface area contributed by atoms with Crippen LogP contribution in [0.25, 0.3) is 0 Å². The summed E-state index contributed by atoms with van der Waals surface area (Å²) in [5.41, 5.74) is 0.997. The van der Waals surface area contributed by atoms with Crippen LogP contribution in [-0.2, 0) is 4.74 Å². The van der Waals surface area contributed by atoms with Crippen molar-refractivity contribution in [3.8, 4) is 0 Å². The molecular weight excluding hydrogens is 301 g/mol. The molecule has 0 unspecified atom stereocenters. The number of halogens is 2. The number of H-pyrrole nitrogens is 1. The highest BCUT2D eigenvalue weighted by molar-refractivity contribution is 6.44. The molecule has 0 radical (unpaired) electrons. The third kappa shape index (κ3) is 3.28. The van der Waals surface area contributed by atoms with E-state index in [0.29, 0.717) is 23.0 Å². The minimum absolute atomic E-state index is 0.0250. The van der Waals surface area contributed by atoms with Gasteiger partial charge in [-0.15, -0.1) is 0 Å². The molecule has 112 valence electrons. The fraction of sp³-hybridized carbons (Fsp3) is 0.615. The minimum Gasteiger partial charge on any atom is -0.375 e. The molecule has 1 amide bonds. The van der Waals surface area contributed by atoms with Gasteiger partial charge in [-0.3, -0.25) is 4.79 Å². The second-order valence-corrected chi connectivity index (χ2v) is 5.58. The summed E-state index contributed by atoms with van der Waals surface area (Å²) in [6.45, 7) is 5.92. The average Bonchev–Trinajstić information content (AvgIpc) is 2.69. The SMILES string of the molecule is CCO[C@H]1CNCC[C@H]1NC(=O)c1[nH]c(C)c(Cl)c1Cl. The summed E-state index contributed by atoms with van der Waals surface area (Å²) < 4.78 is 5.64. The molecular formula is C13H19Cl2N3O2. The number of amides is 1. The Balaban J connectivity index is 2.07. The Morgan fingerprint density at radius 3 is 2.80 bits per heavy atom. The first-order chi connectivity index (χ1) is 9.54. The highest BCUT2D eigenvalue weighted by Crippen LogP contribution is 2.29. The molecule has 0 spiro atoms. The van der Waals surface area contributed by atoms with Crippen LogP contribution in [0.2, 0.25) is 10.0 Å². The number of rotatable bonds is 4. The summed E-state index contributed by atoms with van der Waals surface area (Å²) in [7, 11) is 0. The van der Waals surface area contributed by atoms with Gasteiger partial charge in [0.15, 0.2) is 0 Å². The Bertz CT molecular complexity index is 488. The van der Waals surface area contributed by atoms with Crippen molar-refractivity contribution in [1.29, 1.82) is 0 Å². The van der Waals surface area contributed by atoms with Crippen LogP contribution in [0.1, 0.15) is 29.5 Å². The van der Waals surface area contributed by atoms with Gasteiger partial charge in [0.25, 0.3) is 5.91 Å². The number of piperidine rings is 1. The van der Waals surface area contributed by atoms with E-state index in [1.54, 1.807) is 6.92 Å². The van der Waals surface area contributed by atoms with E-state index in [1.165, 1.54) is 0 Å². The third-order valence-corrected chi connectivity index (χ3v) is 4.35. The number of aryl methyl sites for hydroxylation is 1. The summed E-state index contributed by atoms with van der Waals surface area (Å²) in [6.07, 6.45) is 0.796. The maximum Gasteiger partial charge on any atom is 0.269 e. The molecule has 2 heterocycles. The lowest BCUT2D eigenvalue weighted by atomic mass is 10.0. The fourth-order valence-corrected chi connectivity index (χ4v) is 2.77. The zero-order valence-corrected chi connectivity index (χ0v) is 13.1. The van der Waals surface area contributed by atoms with Crippen LogP contribution in [0, 0.1) is 6.92 Å². The highest BCUT2D eigenvalue weighted by atomic mass is 35.5. The van der Waals surface area contributed by atoms with Crippen LogP contribution in [0.3, 0.4) is 0 Å². The number of hydrogen-bond donors (Lipinski definition) is 3. The van der Waals surface area contributed by atoms with Crippen molar-refractivity contribution in [2.24, 2.45) is 0 Å². The predicted octanol–water partition coefficient (Wildman–Crippen LogP) is 2.13. The molecule has 1 aromatic rings. The molecule has 1 aliphatic heterocycles. The molecule has 0 aliphatic carbocycles. The van der Waals surface area contributed by atoms with Crippen LogP contribution < -0.4 is 10.6 Å². The molecule has 1 fully saturated rings. The summed E-state index contributed by atoms with van der Waals surface area (Å²) in [5, 5.41) is 6.89. The summed E-state index contributed by atoms with van der Waals surface area (Å²) in [6, 6.07) is -0.0258. The molecule has 0 bridgehead atoms. The van der Waals surface area contributed by atoms with Crippen molar-refractivity contribution in [1.82, 2.24) is 15.6 Å². The molecule has 1 saturated heterocycles. The van der Waals surface area contributed by atoms with Gasteiger partial charge in [0, 0.05) is 18.8 Å². The van der Waals surface area contributed by atoms with E-state index >= 15 is 0 Å². The minimum atomic E-state index is -0.249. The van der Waals surface area contributed by atoms with E-state index in [2.05, 4.69) is 15.6 Å². The molecule has 20 heavy (non-hydrogen) atoms. The number of ether oxygens (including phenoxy) is 1. The first-order valence-corrected chi connectivity index (χ1v) is 7.47. The molecule has 2 atom stereocenters. The zero-order chi connectivity index (χ0) is 14.7. The predicted molar refractivity (Wildman–Crippen MR) is 79.7 cm³/mol. The largest absolute Gasteiger partial charge is 0.375 e. The molecule has 0 saturated carbocycles. The fourth-order valence-electron chi connectivity index (χ4n) is 2.35. The molecule has 0 aromatic carbocycles. The molecule has 3 N–H and O–H groups in total. The van der Waals surface area contributed by atoms with E-state index in [4.69, 9.17) is 27.9 Å². The van der Waals surface area contributed by atoms with Crippen molar-refractivity contribution in [3.63, 3.8) is 0 Å². The molecule has 1 aromatic heterocycles. The smallest absolute Gasteiger partial charge is 0.269 e. The molecule has 2 rings (SSSR count). The standard InChI is InChI=1S/C13H19Cl2N3O2/c1-3-20-9-6-16-5-4-8(9)18-13(19)12-11(15)10(14)7(2)17-12/h8-9,16-17H,3-6H2,1-2H3,(H,18,19)/t8-,9+/m1/s1. The number of hydrogen-bond acceptors (Lipinski definition) is 3. The van der Waals surface area contributed by atoms with Gasteiger partial charge in [-0.05, 0) is 26.8 Å². The number of carbonyl (C=O) groups excluding carboxylic acids is 1. The Labute approximate surface area is 128 Å². The normalized spacial score (nSPS) is 22.8. The van der Waals surface area contributed by atoms with Crippen molar-refractivity contribution in [3.05, 3.63) is 21.4 Å². The number of aromatic nitrogens is 1. The quantitative estimate of drug-likeness (QED) is 0.796. The van der Waals surface area contributed by atoms with Crippen molar-refractivity contribution < 1.29 is 9.53 Å².